The molecule has 1 aliphatic heterocycles. The molecule has 0 unspecified atom stereocenters. The zero-order valence-corrected chi connectivity index (χ0v) is 25.4. The molecule has 0 bridgehead atoms. The molecule has 1 N–H and O–H groups in total. The second kappa shape index (κ2) is 10.0. The number of aromatic nitrogens is 3. The van der Waals surface area contributed by atoms with Crippen LogP contribution in [0.4, 0.5) is 13.6 Å². The lowest BCUT2D eigenvalue weighted by Crippen LogP contribution is -2.53. The number of carbonyl (C=O) groups is 1. The molecule has 43 heavy (non-hydrogen) atoms. The van der Waals surface area contributed by atoms with Crippen molar-refractivity contribution >= 4 is 17.0 Å². The Bertz CT molecular complexity index is 1650. The first-order chi connectivity index (χ1) is 20.4. The Hall–Kier alpha value is -3.52. The number of likely N-dealkylation sites (tertiary alicyclic amines) is 1. The Morgan fingerprint density at radius 3 is 2.49 bits per heavy atom. The van der Waals surface area contributed by atoms with Crippen molar-refractivity contribution in [3.63, 3.8) is 0 Å². The van der Waals surface area contributed by atoms with Gasteiger partial charge in [0.15, 0.2) is 0 Å². The topological polar surface area (TPSA) is 63.2 Å². The summed E-state index contributed by atoms with van der Waals surface area (Å²) in [5.41, 5.74) is 6.81. The molecule has 1 spiro atoms. The summed E-state index contributed by atoms with van der Waals surface area (Å²) < 4.78 is 35.8. The molecule has 2 aliphatic carbocycles. The average Bonchev–Trinajstić information content (AvgIpc) is 3.42. The molecule has 6 nitrogen and oxygen atoms in total. The number of nitrogens with zero attached hydrogens (tertiary/aromatic N) is 3. The van der Waals surface area contributed by atoms with Gasteiger partial charge in [-0.2, -0.15) is 5.10 Å². The van der Waals surface area contributed by atoms with Crippen LogP contribution in [0.5, 0.6) is 0 Å². The minimum atomic E-state index is -2.55. The van der Waals surface area contributed by atoms with E-state index in [0.717, 1.165) is 52.7 Å². The summed E-state index contributed by atoms with van der Waals surface area (Å²) in [6.45, 7) is 9.18. The zero-order chi connectivity index (χ0) is 30.1. The number of aromatic amines is 1. The average molecular weight is 587 g/mol. The largest absolute Gasteiger partial charge is 0.443 e. The third-order valence-electron chi connectivity index (χ3n) is 9.64. The standard InChI is InChI=1S/C35H40F2N4O2/c1-22-17-27(23-5-6-23)28(26-12-15-41(31(22)26)32(42)43-33(2,3)4)19-40-16-13-34(20-35(36,37)21-34)18-30(40)25-9-7-24(8-10-25)29-11-14-38-39-29/h7-12,14-15,17,23,30H,5-6,13,16,18-21H2,1-4H3,(H,38,39)/t30-/m1/s1. The van der Waals surface area contributed by atoms with Crippen LogP contribution in [0.3, 0.4) is 0 Å². The van der Waals surface area contributed by atoms with Gasteiger partial charge in [-0.05, 0) is 111 Å². The fourth-order valence-electron chi connectivity index (χ4n) is 7.59. The Morgan fingerprint density at radius 2 is 1.86 bits per heavy atom. The molecule has 3 aliphatic rings. The zero-order valence-electron chi connectivity index (χ0n) is 25.4. The van der Waals surface area contributed by atoms with E-state index < -0.39 is 11.5 Å². The molecule has 1 atom stereocenters. The minimum absolute atomic E-state index is 0.0165. The molecule has 2 aromatic heterocycles. The Morgan fingerprint density at radius 1 is 1.12 bits per heavy atom. The van der Waals surface area contributed by atoms with Gasteiger partial charge < -0.3 is 4.74 Å². The maximum absolute atomic E-state index is 14.2. The fourth-order valence-corrected chi connectivity index (χ4v) is 7.59. The van der Waals surface area contributed by atoms with Gasteiger partial charge in [0, 0.05) is 43.2 Å². The molecule has 3 heterocycles. The number of nitrogens with one attached hydrogen (secondary N) is 1. The molecule has 1 saturated heterocycles. The molecular weight excluding hydrogens is 546 g/mol. The van der Waals surface area contributed by atoms with Crippen LogP contribution < -0.4 is 0 Å². The number of H-pyrrole nitrogens is 1. The number of hydrogen-bond donors (Lipinski definition) is 1. The summed E-state index contributed by atoms with van der Waals surface area (Å²) in [6.07, 6.45) is 6.99. The summed E-state index contributed by atoms with van der Waals surface area (Å²) in [5.74, 6) is -2.03. The summed E-state index contributed by atoms with van der Waals surface area (Å²) in [6, 6.07) is 14.8. The second-order valence-corrected chi connectivity index (χ2v) is 14.2. The number of alkyl halides is 2. The van der Waals surface area contributed by atoms with E-state index in [0.29, 0.717) is 12.5 Å². The highest BCUT2D eigenvalue weighted by molar-refractivity contribution is 5.94. The van der Waals surface area contributed by atoms with Crippen molar-refractivity contribution in [2.45, 2.75) is 96.2 Å². The Kier molecular flexibility index (Phi) is 6.58. The van der Waals surface area contributed by atoms with Crippen LogP contribution in [0.2, 0.25) is 0 Å². The van der Waals surface area contributed by atoms with Crippen molar-refractivity contribution in [3.8, 4) is 11.3 Å². The van der Waals surface area contributed by atoms with Crippen molar-refractivity contribution in [1.29, 1.82) is 0 Å². The van der Waals surface area contributed by atoms with Gasteiger partial charge in [0.1, 0.15) is 5.60 Å². The predicted molar refractivity (Wildman–Crippen MR) is 163 cm³/mol. The molecule has 3 fully saturated rings. The number of fused-ring (bicyclic) bond motifs is 1. The molecule has 8 heteroatoms. The Balaban J connectivity index is 1.26. The first-order valence-electron chi connectivity index (χ1n) is 15.5. The lowest BCUT2D eigenvalue weighted by molar-refractivity contribution is -0.186. The van der Waals surface area contributed by atoms with Gasteiger partial charge in [0.2, 0.25) is 5.92 Å². The van der Waals surface area contributed by atoms with Gasteiger partial charge >= 0.3 is 6.09 Å². The molecule has 2 aromatic carbocycles. The van der Waals surface area contributed by atoms with Crippen LogP contribution >= 0.6 is 0 Å². The van der Waals surface area contributed by atoms with E-state index in [4.69, 9.17) is 4.74 Å². The molecule has 7 rings (SSSR count). The van der Waals surface area contributed by atoms with Gasteiger partial charge in [0.05, 0.1) is 11.2 Å². The van der Waals surface area contributed by atoms with Gasteiger partial charge in [-0.25, -0.2) is 13.6 Å². The first kappa shape index (κ1) is 28.3. The highest BCUT2D eigenvalue weighted by Gasteiger charge is 2.58. The van der Waals surface area contributed by atoms with E-state index >= 15 is 0 Å². The van der Waals surface area contributed by atoms with Crippen LogP contribution in [0.1, 0.15) is 93.5 Å². The number of ether oxygens (including phenoxy) is 1. The second-order valence-electron chi connectivity index (χ2n) is 14.2. The number of hydrogen-bond acceptors (Lipinski definition) is 4. The van der Waals surface area contributed by atoms with E-state index in [1.807, 2.05) is 33.0 Å². The van der Waals surface area contributed by atoms with Crippen LogP contribution in [0.15, 0.2) is 54.9 Å². The van der Waals surface area contributed by atoms with E-state index in [-0.39, 0.29) is 30.4 Å². The summed E-state index contributed by atoms with van der Waals surface area (Å²) >= 11 is 0. The monoisotopic (exact) mass is 586 g/mol. The van der Waals surface area contributed by atoms with Crippen LogP contribution in [0.25, 0.3) is 22.2 Å². The van der Waals surface area contributed by atoms with Gasteiger partial charge in [0.25, 0.3) is 0 Å². The van der Waals surface area contributed by atoms with E-state index in [1.165, 1.54) is 24.0 Å². The smallest absolute Gasteiger partial charge is 0.418 e. The van der Waals surface area contributed by atoms with Gasteiger partial charge in [-0.3, -0.25) is 14.6 Å². The molecule has 226 valence electrons. The van der Waals surface area contributed by atoms with Crippen molar-refractivity contribution in [2.75, 3.05) is 6.54 Å². The van der Waals surface area contributed by atoms with Crippen LogP contribution in [-0.4, -0.2) is 43.8 Å². The summed E-state index contributed by atoms with van der Waals surface area (Å²) in [5, 5.41) is 8.18. The molecule has 0 radical (unpaired) electrons. The van der Waals surface area contributed by atoms with Crippen molar-refractivity contribution in [3.05, 3.63) is 77.1 Å². The molecular formula is C35H40F2N4O2. The van der Waals surface area contributed by atoms with Gasteiger partial charge in [-0.15, -0.1) is 0 Å². The van der Waals surface area contributed by atoms with Crippen LogP contribution in [-0.2, 0) is 11.3 Å². The SMILES string of the molecule is Cc1cc(C2CC2)c(CN2CCC3(C[C@@H]2c2ccc(-c4ccn[nH]4)cc2)CC(F)(F)C3)c2ccn(C(=O)OC(C)(C)C)c12. The number of rotatable bonds is 5. The molecule has 0 amide bonds. The number of piperidine rings is 1. The number of benzene rings is 2. The predicted octanol–water partition coefficient (Wildman–Crippen LogP) is 8.75. The van der Waals surface area contributed by atoms with Crippen LogP contribution in [0, 0.1) is 12.3 Å². The van der Waals surface area contributed by atoms with Crippen molar-refractivity contribution in [2.24, 2.45) is 5.41 Å². The lowest BCUT2D eigenvalue weighted by Gasteiger charge is -2.54. The third kappa shape index (κ3) is 5.39. The summed E-state index contributed by atoms with van der Waals surface area (Å²) in [7, 11) is 0. The highest BCUT2D eigenvalue weighted by atomic mass is 19.3. The number of halogens is 2. The fraction of sp³-hybridized carbons (Fsp3) is 0.486. The van der Waals surface area contributed by atoms with E-state index in [1.54, 1.807) is 10.8 Å². The maximum Gasteiger partial charge on any atom is 0.418 e. The summed E-state index contributed by atoms with van der Waals surface area (Å²) in [4.78, 5) is 15.7. The quantitative estimate of drug-likeness (QED) is 0.254. The lowest BCUT2D eigenvalue weighted by atomic mass is 9.59. The van der Waals surface area contributed by atoms with E-state index in [2.05, 4.69) is 58.4 Å². The van der Waals surface area contributed by atoms with Crippen molar-refractivity contribution in [1.82, 2.24) is 19.7 Å². The third-order valence-corrected chi connectivity index (χ3v) is 9.64. The minimum Gasteiger partial charge on any atom is -0.443 e. The maximum atomic E-state index is 14.2. The van der Waals surface area contributed by atoms with Crippen molar-refractivity contribution < 1.29 is 18.3 Å². The highest BCUT2D eigenvalue weighted by Crippen LogP contribution is 2.60. The number of aryl methyl sites for hydroxylation is 1. The molecule has 4 aromatic rings. The Labute approximate surface area is 251 Å². The molecule has 2 saturated carbocycles. The van der Waals surface area contributed by atoms with Gasteiger partial charge in [-0.1, -0.05) is 30.3 Å². The van der Waals surface area contributed by atoms with E-state index in [9.17, 15) is 13.6 Å². The first-order valence-corrected chi connectivity index (χ1v) is 15.5. The number of carbonyl (C=O) groups excluding carboxylic acids is 1. The normalized spacial score (nSPS) is 21.7.